The Morgan fingerprint density at radius 2 is 2.22 bits per heavy atom. The third kappa shape index (κ3) is 3.67. The highest BCUT2D eigenvalue weighted by atomic mass is 32.1. The molecule has 0 radical (unpaired) electrons. The highest BCUT2D eigenvalue weighted by Crippen LogP contribution is 2.25. The van der Waals surface area contributed by atoms with E-state index in [-0.39, 0.29) is 0 Å². The smallest absolute Gasteiger partial charge is 0.108 e. The second kappa shape index (κ2) is 6.62. The molecule has 3 heterocycles. The van der Waals surface area contributed by atoms with Crippen molar-refractivity contribution in [1.29, 1.82) is 0 Å². The maximum Gasteiger partial charge on any atom is 0.108 e. The van der Waals surface area contributed by atoms with Crippen molar-refractivity contribution in [2.24, 2.45) is 7.05 Å². The van der Waals surface area contributed by atoms with Crippen molar-refractivity contribution >= 4 is 11.3 Å². The van der Waals surface area contributed by atoms with Gasteiger partial charge in [-0.15, -0.1) is 11.3 Å². The number of rotatable bonds is 6. The van der Waals surface area contributed by atoms with E-state index >= 15 is 0 Å². The number of pyridine rings is 1. The summed E-state index contributed by atoms with van der Waals surface area (Å²) in [6, 6.07) is 7.82. The number of thiophene rings is 1. The fourth-order valence-electron chi connectivity index (χ4n) is 2.53. The Kier molecular flexibility index (Phi) is 4.56. The van der Waals surface area contributed by atoms with E-state index in [1.54, 1.807) is 22.2 Å². The van der Waals surface area contributed by atoms with Crippen LogP contribution in [0.4, 0.5) is 0 Å². The number of nitrogens with zero attached hydrogens (tertiary/aromatic N) is 3. The number of hydrogen-bond donors (Lipinski definition) is 2. The Balaban J connectivity index is 1.70. The highest BCUT2D eigenvalue weighted by molar-refractivity contribution is 7.10. The molecular weight excluding hydrogens is 308 g/mol. The SMILES string of the molecule is Cn1cc(CNCC(C)(O)c2cccs2)c(-c2cccnc2)n1. The number of hydrogen-bond acceptors (Lipinski definition) is 5. The molecule has 120 valence electrons. The number of nitrogens with one attached hydrogen (secondary N) is 1. The molecule has 0 aromatic carbocycles. The molecule has 0 amide bonds. The molecule has 3 aromatic rings. The van der Waals surface area contributed by atoms with Crippen LogP contribution >= 0.6 is 11.3 Å². The molecule has 0 aliphatic carbocycles. The van der Waals surface area contributed by atoms with Gasteiger partial charge < -0.3 is 10.4 Å². The predicted molar refractivity (Wildman–Crippen MR) is 92.0 cm³/mol. The van der Waals surface area contributed by atoms with Gasteiger partial charge in [-0.25, -0.2) is 0 Å². The monoisotopic (exact) mass is 328 g/mol. The molecule has 5 nitrogen and oxygen atoms in total. The van der Waals surface area contributed by atoms with Crippen LogP contribution in [-0.4, -0.2) is 26.4 Å². The number of aryl methyl sites for hydroxylation is 1. The Bertz CT molecular complexity index is 750. The summed E-state index contributed by atoms with van der Waals surface area (Å²) in [6.07, 6.45) is 5.56. The second-order valence-corrected chi connectivity index (χ2v) is 6.72. The van der Waals surface area contributed by atoms with Crippen LogP contribution in [0, 0.1) is 0 Å². The number of aliphatic hydroxyl groups is 1. The lowest BCUT2D eigenvalue weighted by Crippen LogP contribution is -2.34. The summed E-state index contributed by atoms with van der Waals surface area (Å²) in [5.74, 6) is 0. The van der Waals surface area contributed by atoms with Crippen molar-refractivity contribution in [3.8, 4) is 11.3 Å². The normalized spacial score (nSPS) is 13.9. The molecule has 2 N–H and O–H groups in total. The molecule has 3 aromatic heterocycles. The topological polar surface area (TPSA) is 63.0 Å². The summed E-state index contributed by atoms with van der Waals surface area (Å²) >= 11 is 1.57. The maximum absolute atomic E-state index is 10.6. The molecule has 0 aliphatic heterocycles. The fraction of sp³-hybridized carbons (Fsp3) is 0.294. The lowest BCUT2D eigenvalue weighted by molar-refractivity contribution is 0.0604. The van der Waals surface area contributed by atoms with Crippen LogP contribution in [-0.2, 0) is 19.2 Å². The first-order valence-corrected chi connectivity index (χ1v) is 8.34. The molecule has 23 heavy (non-hydrogen) atoms. The van der Waals surface area contributed by atoms with Crippen LogP contribution in [0.15, 0.2) is 48.2 Å². The molecule has 0 spiro atoms. The minimum absolute atomic E-state index is 0.481. The highest BCUT2D eigenvalue weighted by Gasteiger charge is 2.23. The van der Waals surface area contributed by atoms with Gasteiger partial charge >= 0.3 is 0 Å². The van der Waals surface area contributed by atoms with E-state index in [0.29, 0.717) is 13.1 Å². The summed E-state index contributed by atoms with van der Waals surface area (Å²) < 4.78 is 1.80. The third-order valence-corrected chi connectivity index (χ3v) is 4.80. The van der Waals surface area contributed by atoms with Crippen molar-refractivity contribution in [3.63, 3.8) is 0 Å². The van der Waals surface area contributed by atoms with Crippen LogP contribution in [0.5, 0.6) is 0 Å². The van der Waals surface area contributed by atoms with Gasteiger partial charge in [0.2, 0.25) is 0 Å². The standard InChI is InChI=1S/C17H20N4OS/c1-17(22,15-6-4-8-23-15)12-19-10-14-11-21(2)20-16(14)13-5-3-7-18-9-13/h3-9,11,19,22H,10,12H2,1-2H3. The van der Waals surface area contributed by atoms with Gasteiger partial charge in [-0.3, -0.25) is 9.67 Å². The van der Waals surface area contributed by atoms with Crippen molar-refractivity contribution in [3.05, 3.63) is 58.7 Å². The molecule has 1 unspecified atom stereocenters. The summed E-state index contributed by atoms with van der Waals surface area (Å²) in [7, 11) is 1.91. The van der Waals surface area contributed by atoms with Crippen LogP contribution in [0.3, 0.4) is 0 Å². The molecule has 0 aliphatic rings. The van der Waals surface area contributed by atoms with Crippen molar-refractivity contribution in [1.82, 2.24) is 20.1 Å². The van der Waals surface area contributed by atoms with E-state index in [2.05, 4.69) is 15.4 Å². The predicted octanol–water partition coefficient (Wildman–Crippen LogP) is 2.54. The van der Waals surface area contributed by atoms with Gasteiger partial charge in [0.15, 0.2) is 0 Å². The minimum Gasteiger partial charge on any atom is -0.383 e. The minimum atomic E-state index is -0.870. The maximum atomic E-state index is 10.6. The van der Waals surface area contributed by atoms with E-state index in [4.69, 9.17) is 0 Å². The first-order valence-electron chi connectivity index (χ1n) is 7.46. The lowest BCUT2D eigenvalue weighted by atomic mass is 10.0. The lowest BCUT2D eigenvalue weighted by Gasteiger charge is -2.22. The molecule has 1 atom stereocenters. The molecule has 0 saturated heterocycles. The van der Waals surface area contributed by atoms with Crippen LogP contribution in [0.2, 0.25) is 0 Å². The quantitative estimate of drug-likeness (QED) is 0.730. The molecule has 0 fully saturated rings. The second-order valence-electron chi connectivity index (χ2n) is 5.77. The van der Waals surface area contributed by atoms with E-state index in [9.17, 15) is 5.11 Å². The molecular formula is C17H20N4OS. The summed E-state index contributed by atoms with van der Waals surface area (Å²) in [5.41, 5.74) is 2.13. The Morgan fingerprint density at radius 3 is 2.91 bits per heavy atom. The Labute approximate surface area is 139 Å². The van der Waals surface area contributed by atoms with Gasteiger partial charge in [-0.1, -0.05) is 6.07 Å². The molecule has 3 rings (SSSR count). The summed E-state index contributed by atoms with van der Waals surface area (Å²) in [4.78, 5) is 5.12. The van der Waals surface area contributed by atoms with Crippen molar-refractivity contribution < 1.29 is 5.11 Å². The van der Waals surface area contributed by atoms with Gasteiger partial charge in [0.25, 0.3) is 0 Å². The van der Waals surface area contributed by atoms with E-state index in [0.717, 1.165) is 21.7 Å². The van der Waals surface area contributed by atoms with Gasteiger partial charge in [0.1, 0.15) is 5.60 Å². The zero-order valence-electron chi connectivity index (χ0n) is 13.2. The fourth-order valence-corrected chi connectivity index (χ4v) is 3.31. The first kappa shape index (κ1) is 15.9. The van der Waals surface area contributed by atoms with Gasteiger partial charge in [-0.05, 0) is 30.5 Å². The first-order chi connectivity index (χ1) is 11.1. The van der Waals surface area contributed by atoms with Crippen molar-refractivity contribution in [2.75, 3.05) is 6.54 Å². The van der Waals surface area contributed by atoms with Gasteiger partial charge in [0, 0.05) is 54.7 Å². The Hall–Kier alpha value is -2.02. The molecule has 6 heteroatoms. The summed E-state index contributed by atoms with van der Waals surface area (Å²) in [5, 5.41) is 20.4. The van der Waals surface area contributed by atoms with Crippen LogP contribution in [0.25, 0.3) is 11.3 Å². The average molecular weight is 328 g/mol. The van der Waals surface area contributed by atoms with E-state index in [1.807, 2.05) is 56.0 Å². The number of aromatic nitrogens is 3. The Morgan fingerprint density at radius 1 is 1.35 bits per heavy atom. The zero-order valence-corrected chi connectivity index (χ0v) is 14.0. The molecule has 0 saturated carbocycles. The molecule has 0 bridgehead atoms. The third-order valence-electron chi connectivity index (χ3n) is 3.68. The van der Waals surface area contributed by atoms with E-state index < -0.39 is 5.60 Å². The van der Waals surface area contributed by atoms with Crippen LogP contribution < -0.4 is 5.32 Å². The van der Waals surface area contributed by atoms with Crippen LogP contribution in [0.1, 0.15) is 17.4 Å². The van der Waals surface area contributed by atoms with Gasteiger partial charge in [-0.2, -0.15) is 5.10 Å². The summed E-state index contributed by atoms with van der Waals surface area (Å²) in [6.45, 7) is 2.95. The van der Waals surface area contributed by atoms with Crippen molar-refractivity contribution in [2.45, 2.75) is 19.1 Å². The zero-order chi connectivity index (χ0) is 16.3. The average Bonchev–Trinajstić information content (AvgIpc) is 3.18. The van der Waals surface area contributed by atoms with Gasteiger partial charge in [0.05, 0.1) is 5.69 Å². The van der Waals surface area contributed by atoms with E-state index in [1.165, 1.54) is 0 Å². The largest absolute Gasteiger partial charge is 0.383 e.